The second-order valence-corrected chi connectivity index (χ2v) is 5.41. The number of carboxylic acid groups (broad SMARTS) is 1. The highest BCUT2D eigenvalue weighted by molar-refractivity contribution is 5.79. The largest absolute Gasteiger partial charge is 0.548 e. The Hall–Kier alpha value is -3.55. The van der Waals surface area contributed by atoms with Crippen molar-refractivity contribution in [1.29, 1.82) is 0 Å². The smallest absolute Gasteiger partial charge is 0.508 e. The van der Waals surface area contributed by atoms with Gasteiger partial charge in [0.25, 0.3) is 0 Å². The zero-order valence-corrected chi connectivity index (χ0v) is 14.3. The Morgan fingerprint density at radius 3 is 1.85 bits per heavy atom. The van der Waals surface area contributed by atoms with Gasteiger partial charge in [0.1, 0.15) is 25.9 Å². The summed E-state index contributed by atoms with van der Waals surface area (Å²) in [6.45, 7) is -0.717. The van der Waals surface area contributed by atoms with Crippen LogP contribution >= 0.6 is 0 Å². The van der Waals surface area contributed by atoms with Gasteiger partial charge >= 0.3 is 12.2 Å². The number of carbonyl (C=O) groups is 3. The second-order valence-electron chi connectivity index (χ2n) is 5.41. The Kier molecular flexibility index (Phi) is 7.65. The highest BCUT2D eigenvalue weighted by Gasteiger charge is 2.17. The molecule has 8 nitrogen and oxygen atoms in total. The Morgan fingerprint density at radius 1 is 0.815 bits per heavy atom. The van der Waals surface area contributed by atoms with Crippen LogP contribution in [0.25, 0.3) is 0 Å². The molecule has 0 saturated carbocycles. The van der Waals surface area contributed by atoms with E-state index < -0.39 is 30.9 Å². The molecule has 0 unspecified atom stereocenters. The number of nitrogens with one attached hydrogen (secondary N) is 1. The molecular formula is C19H18NO7-. The summed E-state index contributed by atoms with van der Waals surface area (Å²) in [4.78, 5) is 34.3. The number of benzene rings is 2. The number of ether oxygens (including phenoxy) is 3. The molecule has 1 atom stereocenters. The van der Waals surface area contributed by atoms with E-state index in [9.17, 15) is 19.5 Å². The predicted molar refractivity (Wildman–Crippen MR) is 91.1 cm³/mol. The third kappa shape index (κ3) is 7.47. The topological polar surface area (TPSA) is 114 Å². The summed E-state index contributed by atoms with van der Waals surface area (Å²) in [6.07, 6.45) is -2.04. The summed E-state index contributed by atoms with van der Waals surface area (Å²) >= 11 is 0. The molecule has 0 spiro atoms. The molecule has 0 saturated heterocycles. The number of alkyl carbamates (subject to hydrolysis) is 1. The Labute approximate surface area is 155 Å². The van der Waals surface area contributed by atoms with Crippen molar-refractivity contribution in [2.45, 2.75) is 19.3 Å². The lowest BCUT2D eigenvalue weighted by atomic mass is 10.2. The Morgan fingerprint density at radius 2 is 1.33 bits per heavy atom. The van der Waals surface area contributed by atoms with E-state index >= 15 is 0 Å². The standard InChI is InChI=1S/C19H19NO7/c21-17(22)16(20-18(23)25-11-14-7-3-1-4-8-14)13-27-19(24)26-12-15-9-5-2-6-10-15/h1-10,16H,11-13H2,(H,20,23)(H,21,22)/p-1/t16-/m0/s1. The molecule has 1 amide bonds. The number of hydrogen-bond acceptors (Lipinski definition) is 7. The van der Waals surface area contributed by atoms with Gasteiger partial charge in [-0.2, -0.15) is 0 Å². The molecule has 2 rings (SSSR count). The summed E-state index contributed by atoms with van der Waals surface area (Å²) in [5.41, 5.74) is 1.48. The highest BCUT2D eigenvalue weighted by atomic mass is 16.7. The normalized spacial score (nSPS) is 11.1. The van der Waals surface area contributed by atoms with E-state index in [2.05, 4.69) is 5.32 Å². The van der Waals surface area contributed by atoms with E-state index in [1.54, 1.807) is 48.5 Å². The van der Waals surface area contributed by atoms with Crippen LogP contribution in [0.2, 0.25) is 0 Å². The first kappa shape index (κ1) is 19.8. The lowest BCUT2D eigenvalue weighted by molar-refractivity contribution is -0.308. The quantitative estimate of drug-likeness (QED) is 0.696. The lowest BCUT2D eigenvalue weighted by Gasteiger charge is -2.19. The average molecular weight is 372 g/mol. The van der Waals surface area contributed by atoms with Gasteiger partial charge < -0.3 is 29.4 Å². The number of carbonyl (C=O) groups excluding carboxylic acids is 3. The molecule has 1 N–H and O–H groups in total. The summed E-state index contributed by atoms with van der Waals surface area (Å²) in [5, 5.41) is 13.1. The SMILES string of the molecule is O=C(N[C@@H](COC(=O)OCc1ccccc1)C(=O)[O-])OCc1ccccc1. The monoisotopic (exact) mass is 372 g/mol. The van der Waals surface area contributed by atoms with Crippen LogP contribution in [-0.2, 0) is 32.2 Å². The van der Waals surface area contributed by atoms with Crippen LogP contribution in [0.1, 0.15) is 11.1 Å². The first-order valence-electron chi connectivity index (χ1n) is 8.06. The van der Waals surface area contributed by atoms with Gasteiger partial charge in [0.2, 0.25) is 0 Å². The summed E-state index contributed by atoms with van der Waals surface area (Å²) in [5.74, 6) is -1.62. The molecule has 0 fully saturated rings. The fraction of sp³-hybridized carbons (Fsp3) is 0.211. The number of amides is 1. The molecule has 142 valence electrons. The maximum atomic E-state index is 11.7. The minimum absolute atomic E-state index is 0.0256. The maximum absolute atomic E-state index is 11.7. The molecule has 0 bridgehead atoms. The molecule has 0 aliphatic rings. The van der Waals surface area contributed by atoms with Crippen molar-refractivity contribution >= 4 is 18.2 Å². The summed E-state index contributed by atoms with van der Waals surface area (Å²) < 4.78 is 14.5. The number of aliphatic carboxylic acids is 1. The molecule has 2 aromatic rings. The lowest BCUT2D eigenvalue weighted by Crippen LogP contribution is -2.50. The second kappa shape index (κ2) is 10.4. The van der Waals surface area contributed by atoms with Crippen LogP contribution in [0.5, 0.6) is 0 Å². The molecule has 8 heteroatoms. The van der Waals surface area contributed by atoms with E-state index in [0.29, 0.717) is 0 Å². The molecule has 27 heavy (non-hydrogen) atoms. The van der Waals surface area contributed by atoms with E-state index in [1.807, 2.05) is 12.1 Å². The van der Waals surface area contributed by atoms with Gasteiger partial charge in [0.05, 0.1) is 5.97 Å². The first-order valence-corrected chi connectivity index (χ1v) is 8.06. The van der Waals surface area contributed by atoms with E-state index in [-0.39, 0.29) is 13.2 Å². The van der Waals surface area contributed by atoms with Crippen molar-refractivity contribution in [2.75, 3.05) is 6.61 Å². The molecule has 0 aromatic heterocycles. The minimum atomic E-state index is -1.62. The zero-order chi connectivity index (χ0) is 19.5. The minimum Gasteiger partial charge on any atom is -0.548 e. The zero-order valence-electron chi connectivity index (χ0n) is 14.3. The summed E-state index contributed by atoms with van der Waals surface area (Å²) in [7, 11) is 0. The molecule has 2 aromatic carbocycles. The van der Waals surface area contributed by atoms with Crippen LogP contribution in [0, 0.1) is 0 Å². The van der Waals surface area contributed by atoms with Crippen LogP contribution < -0.4 is 10.4 Å². The summed E-state index contributed by atoms with van der Waals surface area (Å²) in [6, 6.07) is 16.2. The first-order chi connectivity index (χ1) is 13.0. The van der Waals surface area contributed by atoms with Gasteiger partial charge in [-0.25, -0.2) is 9.59 Å². The van der Waals surface area contributed by atoms with E-state index in [0.717, 1.165) is 11.1 Å². The van der Waals surface area contributed by atoms with Crippen molar-refractivity contribution in [3.63, 3.8) is 0 Å². The van der Waals surface area contributed by atoms with Crippen molar-refractivity contribution in [2.24, 2.45) is 0 Å². The number of carboxylic acids is 1. The van der Waals surface area contributed by atoms with Gasteiger partial charge in [-0.1, -0.05) is 60.7 Å². The fourth-order valence-corrected chi connectivity index (χ4v) is 1.99. The van der Waals surface area contributed by atoms with Gasteiger partial charge in [0, 0.05) is 0 Å². The molecular weight excluding hydrogens is 354 g/mol. The molecule has 0 aliphatic carbocycles. The van der Waals surface area contributed by atoms with Crippen LogP contribution in [0.4, 0.5) is 9.59 Å². The molecule has 0 aliphatic heterocycles. The molecule has 0 radical (unpaired) electrons. The van der Waals surface area contributed by atoms with Crippen LogP contribution in [-0.4, -0.2) is 30.9 Å². The Balaban J connectivity index is 1.73. The van der Waals surface area contributed by atoms with Gasteiger partial charge in [-0.05, 0) is 11.1 Å². The molecule has 0 heterocycles. The van der Waals surface area contributed by atoms with Crippen LogP contribution in [0.15, 0.2) is 60.7 Å². The van der Waals surface area contributed by atoms with Crippen molar-refractivity contribution < 1.29 is 33.7 Å². The van der Waals surface area contributed by atoms with Crippen molar-refractivity contribution in [3.05, 3.63) is 71.8 Å². The third-order valence-electron chi connectivity index (χ3n) is 3.36. The fourth-order valence-electron chi connectivity index (χ4n) is 1.99. The number of rotatable bonds is 8. The van der Waals surface area contributed by atoms with E-state index in [4.69, 9.17) is 14.2 Å². The Bertz CT molecular complexity index is 749. The highest BCUT2D eigenvalue weighted by Crippen LogP contribution is 2.03. The van der Waals surface area contributed by atoms with Gasteiger partial charge in [0.15, 0.2) is 0 Å². The van der Waals surface area contributed by atoms with Crippen molar-refractivity contribution in [3.8, 4) is 0 Å². The van der Waals surface area contributed by atoms with Crippen molar-refractivity contribution in [1.82, 2.24) is 5.32 Å². The third-order valence-corrected chi connectivity index (χ3v) is 3.36. The van der Waals surface area contributed by atoms with Crippen LogP contribution in [0.3, 0.4) is 0 Å². The maximum Gasteiger partial charge on any atom is 0.508 e. The predicted octanol–water partition coefficient (Wildman–Crippen LogP) is 1.38. The average Bonchev–Trinajstić information content (AvgIpc) is 2.69. The van der Waals surface area contributed by atoms with Gasteiger partial charge in [-0.3, -0.25) is 0 Å². The van der Waals surface area contributed by atoms with E-state index in [1.165, 1.54) is 0 Å². The number of hydrogen-bond donors (Lipinski definition) is 1. The van der Waals surface area contributed by atoms with Gasteiger partial charge in [-0.15, -0.1) is 0 Å².